The molecule has 0 radical (unpaired) electrons. The molecule has 2 heteroatoms. The molecule has 0 aromatic rings. The van der Waals surface area contributed by atoms with Crippen LogP contribution >= 0.6 is 0 Å². The minimum absolute atomic E-state index is 0.750. The number of hydrogen-bond acceptors (Lipinski definition) is 2. The van der Waals surface area contributed by atoms with Crippen LogP contribution in [-0.2, 0) is 4.74 Å². The van der Waals surface area contributed by atoms with E-state index in [1.54, 1.807) is 14.2 Å². The normalized spacial score (nSPS) is 12.3. The topological polar surface area (TPSA) is 12.5 Å². The Balaban J connectivity index is 0. The van der Waals surface area contributed by atoms with Gasteiger partial charge in [0.2, 0.25) is 0 Å². The van der Waals surface area contributed by atoms with E-state index in [0.717, 1.165) is 6.04 Å². The molecule has 0 fully saturated rings. The van der Waals surface area contributed by atoms with E-state index in [-0.39, 0.29) is 0 Å². The molecule has 0 saturated carbocycles. The Bertz CT molecular complexity index is 64.6. The van der Waals surface area contributed by atoms with Crippen LogP contribution in [0, 0.1) is 0 Å². The summed E-state index contributed by atoms with van der Waals surface area (Å²) in [7, 11) is 7.50. The van der Waals surface area contributed by atoms with Gasteiger partial charge in [-0.3, -0.25) is 0 Å². The highest BCUT2D eigenvalue weighted by Gasteiger charge is 1.99. The summed E-state index contributed by atoms with van der Waals surface area (Å²) in [5.74, 6) is 0. The lowest BCUT2D eigenvalue weighted by Crippen LogP contribution is -2.23. The molecular weight excluding hydrogens is 138 g/mol. The van der Waals surface area contributed by atoms with Crippen molar-refractivity contribution in [3.63, 3.8) is 0 Å². The Morgan fingerprint density at radius 2 is 1.64 bits per heavy atom. The molecule has 70 valence electrons. The second-order valence-electron chi connectivity index (χ2n) is 3.01. The Kier molecular flexibility index (Phi) is 12.2. The highest BCUT2D eigenvalue weighted by molar-refractivity contribution is 4.56. The van der Waals surface area contributed by atoms with Crippen molar-refractivity contribution in [2.24, 2.45) is 0 Å². The zero-order valence-electron chi connectivity index (χ0n) is 8.85. The summed E-state index contributed by atoms with van der Waals surface area (Å²) in [6.07, 6.45) is 2.60. The average molecular weight is 161 g/mol. The van der Waals surface area contributed by atoms with Crippen LogP contribution < -0.4 is 0 Å². The molecule has 0 spiro atoms. The van der Waals surface area contributed by atoms with Crippen molar-refractivity contribution in [3.05, 3.63) is 0 Å². The minimum Gasteiger partial charge on any atom is -0.388 e. The van der Waals surface area contributed by atoms with Crippen molar-refractivity contribution in [2.75, 3.05) is 28.3 Å². The predicted molar refractivity (Wildman–Crippen MR) is 51.0 cm³/mol. The molecule has 0 N–H and O–H groups in total. The highest BCUT2D eigenvalue weighted by Crippen LogP contribution is 1.99. The van der Waals surface area contributed by atoms with Gasteiger partial charge < -0.3 is 9.64 Å². The van der Waals surface area contributed by atoms with Gasteiger partial charge in [-0.05, 0) is 27.4 Å². The molecule has 0 unspecified atom stereocenters. The zero-order valence-corrected chi connectivity index (χ0v) is 8.85. The molecule has 2 nitrogen and oxygen atoms in total. The molecule has 0 rings (SSSR count). The van der Waals surface area contributed by atoms with Gasteiger partial charge in [-0.1, -0.05) is 13.3 Å². The van der Waals surface area contributed by atoms with Gasteiger partial charge in [-0.2, -0.15) is 0 Å². The maximum Gasteiger partial charge on any atom is 0.0351 e. The van der Waals surface area contributed by atoms with Crippen LogP contribution in [0.4, 0.5) is 0 Å². The van der Waals surface area contributed by atoms with Crippen LogP contribution in [0.25, 0.3) is 0 Å². The minimum atomic E-state index is 0.750. The SMILES string of the molecule is CCC[C@@H](C)N(C)C.COC. The monoisotopic (exact) mass is 161 g/mol. The molecule has 0 aliphatic heterocycles. The number of methoxy groups -OCH3 is 1. The van der Waals surface area contributed by atoms with Crippen molar-refractivity contribution in [3.8, 4) is 0 Å². The third-order valence-corrected chi connectivity index (χ3v) is 1.59. The Morgan fingerprint density at radius 1 is 1.27 bits per heavy atom. The van der Waals surface area contributed by atoms with Crippen LogP contribution in [0.15, 0.2) is 0 Å². The standard InChI is InChI=1S/C7H17N.C2H6O/c1-5-6-7(2)8(3)4;1-3-2/h7H,5-6H2,1-4H3;1-2H3/t7-;/m1./s1. The van der Waals surface area contributed by atoms with Gasteiger partial charge in [-0.25, -0.2) is 0 Å². The van der Waals surface area contributed by atoms with E-state index in [4.69, 9.17) is 0 Å². The Hall–Kier alpha value is -0.0800. The summed E-state index contributed by atoms with van der Waals surface area (Å²) in [5.41, 5.74) is 0. The van der Waals surface area contributed by atoms with Gasteiger partial charge in [0.05, 0.1) is 0 Å². The summed E-state index contributed by atoms with van der Waals surface area (Å²) in [6, 6.07) is 0.750. The van der Waals surface area contributed by atoms with Crippen molar-refractivity contribution in [2.45, 2.75) is 32.7 Å². The lowest BCUT2D eigenvalue weighted by atomic mass is 10.2. The van der Waals surface area contributed by atoms with E-state index in [2.05, 4.69) is 37.6 Å². The third-order valence-electron chi connectivity index (χ3n) is 1.59. The fourth-order valence-electron chi connectivity index (χ4n) is 0.676. The fraction of sp³-hybridized carbons (Fsp3) is 1.00. The van der Waals surface area contributed by atoms with E-state index in [1.165, 1.54) is 12.8 Å². The maximum absolute atomic E-state index is 4.25. The first-order chi connectivity index (χ1) is 5.09. The van der Waals surface area contributed by atoms with Crippen LogP contribution in [0.2, 0.25) is 0 Å². The van der Waals surface area contributed by atoms with E-state index in [9.17, 15) is 0 Å². The smallest absolute Gasteiger partial charge is 0.0351 e. The quantitative estimate of drug-likeness (QED) is 0.627. The Morgan fingerprint density at radius 3 is 1.73 bits per heavy atom. The molecule has 0 aliphatic carbocycles. The summed E-state index contributed by atoms with van der Waals surface area (Å²) >= 11 is 0. The molecule has 0 saturated heterocycles. The zero-order chi connectivity index (χ0) is 9.28. The number of hydrogen-bond donors (Lipinski definition) is 0. The summed E-state index contributed by atoms with van der Waals surface area (Å²) < 4.78 is 4.25. The van der Waals surface area contributed by atoms with Gasteiger partial charge in [0.1, 0.15) is 0 Å². The van der Waals surface area contributed by atoms with Crippen molar-refractivity contribution in [1.82, 2.24) is 4.90 Å². The first-order valence-corrected chi connectivity index (χ1v) is 4.16. The van der Waals surface area contributed by atoms with Crippen LogP contribution in [0.3, 0.4) is 0 Å². The van der Waals surface area contributed by atoms with E-state index < -0.39 is 0 Å². The third kappa shape index (κ3) is 13.0. The average Bonchev–Trinajstić information content (AvgIpc) is 1.90. The summed E-state index contributed by atoms with van der Waals surface area (Å²) in [6.45, 7) is 4.48. The lowest BCUT2D eigenvalue weighted by molar-refractivity contribution is 0.277. The lowest BCUT2D eigenvalue weighted by Gasteiger charge is -2.17. The van der Waals surface area contributed by atoms with Crippen LogP contribution in [0.5, 0.6) is 0 Å². The molecular formula is C9H23NO. The van der Waals surface area contributed by atoms with Crippen LogP contribution in [-0.4, -0.2) is 39.3 Å². The molecule has 0 heterocycles. The molecule has 0 aromatic heterocycles. The molecule has 0 amide bonds. The van der Waals surface area contributed by atoms with Crippen molar-refractivity contribution < 1.29 is 4.74 Å². The van der Waals surface area contributed by atoms with E-state index >= 15 is 0 Å². The number of ether oxygens (including phenoxy) is 1. The second-order valence-corrected chi connectivity index (χ2v) is 3.01. The first-order valence-electron chi connectivity index (χ1n) is 4.16. The highest BCUT2D eigenvalue weighted by atomic mass is 16.4. The van der Waals surface area contributed by atoms with Gasteiger partial charge in [-0.15, -0.1) is 0 Å². The summed E-state index contributed by atoms with van der Waals surface area (Å²) in [5, 5.41) is 0. The van der Waals surface area contributed by atoms with Crippen molar-refractivity contribution in [1.29, 1.82) is 0 Å². The molecule has 1 atom stereocenters. The molecule has 0 aliphatic rings. The summed E-state index contributed by atoms with van der Waals surface area (Å²) in [4.78, 5) is 2.25. The van der Waals surface area contributed by atoms with Gasteiger partial charge in [0, 0.05) is 20.3 Å². The van der Waals surface area contributed by atoms with E-state index in [0.29, 0.717) is 0 Å². The number of nitrogens with zero attached hydrogens (tertiary/aromatic N) is 1. The molecule has 11 heavy (non-hydrogen) atoms. The largest absolute Gasteiger partial charge is 0.388 e. The second kappa shape index (κ2) is 9.92. The maximum atomic E-state index is 4.25. The predicted octanol–water partition coefficient (Wildman–Crippen LogP) is 2.00. The van der Waals surface area contributed by atoms with Gasteiger partial charge in [0.15, 0.2) is 0 Å². The number of rotatable bonds is 3. The Labute approximate surface area is 71.5 Å². The van der Waals surface area contributed by atoms with Gasteiger partial charge in [0.25, 0.3) is 0 Å². The van der Waals surface area contributed by atoms with E-state index in [1.807, 2.05) is 0 Å². The van der Waals surface area contributed by atoms with Gasteiger partial charge >= 0.3 is 0 Å². The van der Waals surface area contributed by atoms with Crippen molar-refractivity contribution >= 4 is 0 Å². The molecule has 0 aromatic carbocycles. The molecule has 0 bridgehead atoms. The van der Waals surface area contributed by atoms with Crippen LogP contribution in [0.1, 0.15) is 26.7 Å². The first kappa shape index (κ1) is 13.5. The fourth-order valence-corrected chi connectivity index (χ4v) is 0.676.